The van der Waals surface area contributed by atoms with Gasteiger partial charge in [0, 0.05) is 18.7 Å². The Morgan fingerprint density at radius 3 is 2.55 bits per heavy atom. The molecule has 3 saturated carbocycles. The molecule has 16 heteroatoms. The van der Waals surface area contributed by atoms with E-state index < -0.39 is 65.3 Å². The Morgan fingerprint density at radius 2 is 1.85 bits per heavy atom. The standard InChI is InChI=1S/C37H43BF4N6O5/c1-6-29(38-52-28-15-22-14-27(34(22,2)3)36(28,5)53-38)46-30(49)26-17-35(4,47-33(51)45-24-12-8-11-23(39)16-24)32-44-19-25(31(50)48(26)32)43-18-20-9-7-10-21(13-20)37(40,41)42/h7-13,16,19,22,26-29,43H,6,14-15,17-18H2,1-5H3,(H,46,49)(H2,45,47,51)/t22-,26-,27-,28+,29-,35+,36-/m0/s1. The summed E-state index contributed by atoms with van der Waals surface area (Å²) >= 11 is 0. The third-order valence-electron chi connectivity index (χ3n) is 12.0. The van der Waals surface area contributed by atoms with Crippen molar-refractivity contribution in [2.75, 3.05) is 10.6 Å². The quantitative estimate of drug-likeness (QED) is 0.153. The molecule has 2 aliphatic heterocycles. The lowest BCUT2D eigenvalue weighted by Gasteiger charge is -2.64. The number of benzene rings is 2. The van der Waals surface area contributed by atoms with Gasteiger partial charge in [-0.1, -0.05) is 39.0 Å². The summed E-state index contributed by atoms with van der Waals surface area (Å²) in [6, 6.07) is 8.17. The fourth-order valence-electron chi connectivity index (χ4n) is 8.92. The molecule has 11 nitrogen and oxygen atoms in total. The van der Waals surface area contributed by atoms with Gasteiger partial charge in [-0.05, 0) is 86.3 Å². The second-order valence-corrected chi connectivity index (χ2v) is 15.7. The van der Waals surface area contributed by atoms with Crippen molar-refractivity contribution in [3.05, 3.63) is 87.9 Å². The number of urea groups is 1. The van der Waals surface area contributed by atoms with E-state index in [1.165, 1.54) is 41.1 Å². The minimum Gasteiger partial charge on any atom is -0.404 e. The van der Waals surface area contributed by atoms with Crippen molar-refractivity contribution in [1.29, 1.82) is 0 Å². The topological polar surface area (TPSA) is 136 Å². The van der Waals surface area contributed by atoms with Crippen molar-refractivity contribution < 1.29 is 36.5 Å². The van der Waals surface area contributed by atoms with Crippen LogP contribution in [-0.2, 0) is 32.4 Å². The molecule has 4 fully saturated rings. The number of alkyl halides is 3. The van der Waals surface area contributed by atoms with Crippen LogP contribution in [-0.4, -0.2) is 46.3 Å². The molecule has 3 aromatic rings. The maximum Gasteiger partial charge on any atom is 0.481 e. The summed E-state index contributed by atoms with van der Waals surface area (Å²) in [4.78, 5) is 46.1. The van der Waals surface area contributed by atoms with Crippen molar-refractivity contribution in [2.24, 2.45) is 17.3 Å². The molecule has 5 aliphatic rings. The number of anilines is 2. The molecule has 53 heavy (non-hydrogen) atoms. The number of nitrogens with zero attached hydrogens (tertiary/aromatic N) is 2. The van der Waals surface area contributed by atoms with Gasteiger partial charge in [0.15, 0.2) is 0 Å². The van der Waals surface area contributed by atoms with E-state index >= 15 is 0 Å². The minimum absolute atomic E-state index is 0.0504. The Hall–Kier alpha value is -4.44. The molecule has 282 valence electrons. The summed E-state index contributed by atoms with van der Waals surface area (Å²) in [5.41, 5.74) is -2.79. The number of fused-ring (bicyclic) bond motifs is 1. The van der Waals surface area contributed by atoms with E-state index in [-0.39, 0.29) is 47.2 Å². The van der Waals surface area contributed by atoms with Crippen LogP contribution in [0.15, 0.2) is 59.5 Å². The Labute approximate surface area is 304 Å². The monoisotopic (exact) mass is 738 g/mol. The number of carbonyl (C=O) groups is 2. The average molecular weight is 739 g/mol. The highest BCUT2D eigenvalue weighted by molar-refractivity contribution is 6.47. The molecule has 7 atom stereocenters. The summed E-state index contributed by atoms with van der Waals surface area (Å²) in [5.74, 6) is -0.693. The van der Waals surface area contributed by atoms with Gasteiger partial charge in [0.2, 0.25) is 5.91 Å². The molecular formula is C37H43BF4N6O5. The molecule has 3 amide bonds. The van der Waals surface area contributed by atoms with E-state index in [2.05, 4.69) is 47.0 Å². The van der Waals surface area contributed by atoms with E-state index in [1.807, 2.05) is 6.92 Å². The summed E-state index contributed by atoms with van der Waals surface area (Å²) in [6.45, 7) is 10.0. The largest absolute Gasteiger partial charge is 0.481 e. The van der Waals surface area contributed by atoms with Crippen LogP contribution < -0.4 is 26.8 Å². The van der Waals surface area contributed by atoms with Gasteiger partial charge < -0.3 is 30.6 Å². The number of carbonyl (C=O) groups excluding carboxylic acids is 2. The third-order valence-corrected chi connectivity index (χ3v) is 12.0. The number of nitrogens with one attached hydrogen (secondary N) is 4. The predicted molar refractivity (Wildman–Crippen MR) is 189 cm³/mol. The number of rotatable bonds is 9. The highest BCUT2D eigenvalue weighted by Gasteiger charge is 2.68. The van der Waals surface area contributed by atoms with Crippen LogP contribution in [0.5, 0.6) is 0 Å². The zero-order chi connectivity index (χ0) is 38.1. The minimum atomic E-state index is -4.54. The lowest BCUT2D eigenvalue weighted by atomic mass is 9.43. The van der Waals surface area contributed by atoms with Crippen molar-refractivity contribution in [3.63, 3.8) is 0 Å². The number of hydrogen-bond acceptors (Lipinski definition) is 7. The maximum absolute atomic E-state index is 14.3. The van der Waals surface area contributed by atoms with Crippen LogP contribution >= 0.6 is 0 Å². The molecule has 1 aromatic heterocycles. The van der Waals surface area contributed by atoms with Crippen LogP contribution in [0.2, 0.25) is 0 Å². The molecule has 8 rings (SSSR count). The van der Waals surface area contributed by atoms with Crippen LogP contribution in [0.25, 0.3) is 0 Å². The molecule has 4 N–H and O–H groups in total. The third kappa shape index (κ3) is 6.57. The van der Waals surface area contributed by atoms with Gasteiger partial charge in [-0.25, -0.2) is 14.2 Å². The van der Waals surface area contributed by atoms with Crippen molar-refractivity contribution >= 4 is 30.4 Å². The Bertz CT molecular complexity index is 2000. The van der Waals surface area contributed by atoms with Crippen LogP contribution in [0.1, 0.15) is 83.3 Å². The van der Waals surface area contributed by atoms with Gasteiger partial charge in [0.25, 0.3) is 5.56 Å². The van der Waals surface area contributed by atoms with E-state index in [4.69, 9.17) is 9.31 Å². The van der Waals surface area contributed by atoms with Gasteiger partial charge in [0.05, 0.1) is 34.9 Å². The second kappa shape index (κ2) is 13.1. The van der Waals surface area contributed by atoms with E-state index in [0.29, 0.717) is 18.3 Å². The number of aromatic nitrogens is 2. The second-order valence-electron chi connectivity index (χ2n) is 15.7. The Balaban J connectivity index is 1.15. The van der Waals surface area contributed by atoms with E-state index in [1.54, 1.807) is 6.92 Å². The Morgan fingerprint density at radius 1 is 1.09 bits per heavy atom. The highest BCUT2D eigenvalue weighted by atomic mass is 19.4. The molecule has 0 radical (unpaired) electrons. The highest BCUT2D eigenvalue weighted by Crippen LogP contribution is 2.65. The first-order chi connectivity index (χ1) is 24.9. The summed E-state index contributed by atoms with van der Waals surface area (Å²) in [5, 5.41) is 11.3. The predicted octanol–water partition coefficient (Wildman–Crippen LogP) is 6.16. The van der Waals surface area contributed by atoms with E-state index in [9.17, 15) is 31.9 Å². The number of halogens is 4. The van der Waals surface area contributed by atoms with Gasteiger partial charge in [-0.15, -0.1) is 0 Å². The van der Waals surface area contributed by atoms with Crippen LogP contribution in [0, 0.1) is 23.1 Å². The molecule has 3 aliphatic carbocycles. The van der Waals surface area contributed by atoms with E-state index in [0.717, 1.165) is 31.0 Å². The number of amides is 3. The van der Waals surface area contributed by atoms with Crippen molar-refractivity contribution in [2.45, 2.75) is 102 Å². The first-order valence-corrected chi connectivity index (χ1v) is 17.9. The summed E-state index contributed by atoms with van der Waals surface area (Å²) < 4.78 is 68.2. The molecule has 3 heterocycles. The average Bonchev–Trinajstić information content (AvgIpc) is 3.60. The molecule has 0 spiro atoms. The van der Waals surface area contributed by atoms with Crippen molar-refractivity contribution in [3.8, 4) is 0 Å². The SMILES string of the molecule is CC[C@H](NC(=O)[C@@H]1C[C@@](C)(NC(=O)Nc2cccc(F)c2)c2ncc(NCc3cccc(C(F)(F)F)c3)c(=O)n21)B1O[C@@H]2C[C@@H]3C[C@@H](C3(C)C)[C@]2(C)O1. The maximum atomic E-state index is 14.3. The number of hydrogen-bond donors (Lipinski definition) is 4. The molecule has 2 aromatic carbocycles. The zero-order valence-electron chi connectivity index (χ0n) is 30.1. The molecule has 0 unspecified atom stereocenters. The Kier molecular flexibility index (Phi) is 9.16. The zero-order valence-corrected chi connectivity index (χ0v) is 30.1. The summed E-state index contributed by atoms with van der Waals surface area (Å²) in [7, 11) is -0.716. The van der Waals surface area contributed by atoms with Gasteiger partial charge in [0.1, 0.15) is 23.4 Å². The van der Waals surface area contributed by atoms with Crippen molar-refractivity contribution in [1.82, 2.24) is 20.2 Å². The van der Waals surface area contributed by atoms with Gasteiger partial charge >= 0.3 is 19.3 Å². The first kappa shape index (κ1) is 36.9. The lowest BCUT2D eigenvalue weighted by molar-refractivity contribution is -0.199. The lowest BCUT2D eigenvalue weighted by Crippen LogP contribution is -2.65. The smallest absolute Gasteiger partial charge is 0.404 e. The fourth-order valence-corrected chi connectivity index (χ4v) is 8.92. The van der Waals surface area contributed by atoms with Gasteiger partial charge in [-0.3, -0.25) is 14.2 Å². The summed E-state index contributed by atoms with van der Waals surface area (Å²) in [6.07, 6.45) is -1.09. The van der Waals surface area contributed by atoms with Crippen LogP contribution in [0.4, 0.5) is 33.7 Å². The molecule has 1 saturated heterocycles. The van der Waals surface area contributed by atoms with Crippen LogP contribution in [0.3, 0.4) is 0 Å². The fraction of sp³-hybridized carbons (Fsp3) is 0.514. The molecule has 2 bridgehead atoms. The normalized spacial score (nSPS) is 28.7. The van der Waals surface area contributed by atoms with Gasteiger partial charge in [-0.2, -0.15) is 13.2 Å². The first-order valence-electron chi connectivity index (χ1n) is 17.9. The molecular weight excluding hydrogens is 695 g/mol.